The van der Waals surface area contributed by atoms with Gasteiger partial charge in [-0.05, 0) is 71.4 Å². The molecule has 34 heavy (non-hydrogen) atoms. The van der Waals surface area contributed by atoms with Crippen molar-refractivity contribution in [3.63, 3.8) is 0 Å². The molecule has 3 rings (SSSR count). The zero-order chi connectivity index (χ0) is 25.1. The molecule has 3 fully saturated rings. The number of likely N-dealkylation sites (tertiary alicyclic amines) is 1. The number of carboxylic acid groups (broad SMARTS) is 1. The Kier molecular flexibility index (Phi) is 9.11. The van der Waals surface area contributed by atoms with Crippen LogP contribution in [0.5, 0.6) is 0 Å². The van der Waals surface area contributed by atoms with Crippen molar-refractivity contribution in [3.8, 4) is 0 Å². The first-order valence-electron chi connectivity index (χ1n) is 13.4. The van der Waals surface area contributed by atoms with Crippen LogP contribution in [0.1, 0.15) is 99.3 Å². The van der Waals surface area contributed by atoms with Crippen LogP contribution in [0.25, 0.3) is 0 Å². The summed E-state index contributed by atoms with van der Waals surface area (Å²) in [5, 5.41) is 9.61. The SMILES string of the molecule is C[C@H](CSCCCC(B1OC(C)(C)C(C)(C)O1)C1CCCCC1)C(=O)N1CCC[C@@]1(C)C(=O)O. The molecule has 2 aliphatic heterocycles. The van der Waals surface area contributed by atoms with Gasteiger partial charge in [0.2, 0.25) is 5.91 Å². The van der Waals surface area contributed by atoms with E-state index in [9.17, 15) is 14.7 Å². The molecular formula is C26H46BNO5S. The molecule has 1 N–H and O–H groups in total. The predicted octanol–water partition coefficient (Wildman–Crippen LogP) is 5.64. The normalized spacial score (nSPS) is 28.8. The van der Waals surface area contributed by atoms with Gasteiger partial charge in [-0.1, -0.05) is 45.4 Å². The summed E-state index contributed by atoms with van der Waals surface area (Å²) in [7, 11) is -0.137. The Labute approximate surface area is 211 Å². The fourth-order valence-electron chi connectivity index (χ4n) is 5.78. The topological polar surface area (TPSA) is 76.1 Å². The number of carbonyl (C=O) groups is 2. The molecule has 1 unspecified atom stereocenters. The highest BCUT2D eigenvalue weighted by Gasteiger charge is 2.54. The molecule has 2 heterocycles. The number of hydrogen-bond donors (Lipinski definition) is 1. The van der Waals surface area contributed by atoms with Gasteiger partial charge in [-0.15, -0.1) is 0 Å². The average Bonchev–Trinajstić information content (AvgIpc) is 3.27. The molecular weight excluding hydrogens is 449 g/mol. The van der Waals surface area contributed by atoms with E-state index in [1.807, 2.05) is 18.7 Å². The lowest BCUT2D eigenvalue weighted by atomic mass is 9.59. The van der Waals surface area contributed by atoms with E-state index in [0.717, 1.165) is 30.8 Å². The molecule has 0 aromatic carbocycles. The van der Waals surface area contributed by atoms with Crippen LogP contribution in [0.2, 0.25) is 5.82 Å². The second-order valence-corrected chi connectivity index (χ2v) is 13.1. The molecule has 0 radical (unpaired) electrons. The maximum Gasteiger partial charge on any atom is 0.461 e. The molecule has 0 aromatic rings. The molecule has 2 saturated heterocycles. The van der Waals surface area contributed by atoms with Crippen LogP contribution >= 0.6 is 11.8 Å². The van der Waals surface area contributed by atoms with Gasteiger partial charge in [0.25, 0.3) is 0 Å². The first-order valence-corrected chi connectivity index (χ1v) is 14.5. The van der Waals surface area contributed by atoms with E-state index < -0.39 is 11.5 Å². The first-order chi connectivity index (χ1) is 15.9. The van der Waals surface area contributed by atoms with E-state index in [2.05, 4.69) is 27.7 Å². The van der Waals surface area contributed by atoms with Crippen molar-refractivity contribution in [2.24, 2.45) is 11.8 Å². The number of carboxylic acids is 1. The second-order valence-electron chi connectivity index (χ2n) is 12.0. The number of rotatable bonds is 10. The van der Waals surface area contributed by atoms with Gasteiger partial charge in [-0.25, -0.2) is 4.79 Å². The fraction of sp³-hybridized carbons (Fsp3) is 0.923. The quantitative estimate of drug-likeness (QED) is 0.312. The third-order valence-electron chi connectivity index (χ3n) is 8.86. The van der Waals surface area contributed by atoms with E-state index in [1.54, 1.807) is 11.8 Å². The minimum absolute atomic E-state index is 0.0211. The van der Waals surface area contributed by atoms with Gasteiger partial charge >= 0.3 is 13.1 Å². The van der Waals surface area contributed by atoms with Gasteiger partial charge < -0.3 is 19.3 Å². The Morgan fingerprint density at radius 2 is 1.68 bits per heavy atom. The van der Waals surface area contributed by atoms with E-state index >= 15 is 0 Å². The number of amides is 1. The van der Waals surface area contributed by atoms with Crippen LogP contribution < -0.4 is 0 Å². The lowest BCUT2D eigenvalue weighted by molar-refractivity contribution is -0.156. The molecule has 8 heteroatoms. The second kappa shape index (κ2) is 11.1. The van der Waals surface area contributed by atoms with E-state index in [-0.39, 0.29) is 30.1 Å². The zero-order valence-electron chi connectivity index (χ0n) is 22.2. The highest BCUT2D eigenvalue weighted by molar-refractivity contribution is 7.99. The van der Waals surface area contributed by atoms with Gasteiger partial charge in [0.15, 0.2) is 0 Å². The van der Waals surface area contributed by atoms with Crippen LogP contribution in [0, 0.1) is 11.8 Å². The van der Waals surface area contributed by atoms with Crippen molar-refractivity contribution in [3.05, 3.63) is 0 Å². The number of nitrogens with zero attached hydrogens (tertiary/aromatic N) is 1. The predicted molar refractivity (Wildman–Crippen MR) is 139 cm³/mol. The van der Waals surface area contributed by atoms with Crippen molar-refractivity contribution >= 4 is 30.8 Å². The van der Waals surface area contributed by atoms with Crippen molar-refractivity contribution in [1.29, 1.82) is 0 Å². The maximum atomic E-state index is 13.0. The minimum Gasteiger partial charge on any atom is -0.480 e. The van der Waals surface area contributed by atoms with Gasteiger partial charge in [0, 0.05) is 18.2 Å². The lowest BCUT2D eigenvalue weighted by Gasteiger charge is -2.33. The summed E-state index contributed by atoms with van der Waals surface area (Å²) < 4.78 is 12.9. The standard InChI is InChI=1S/C26H46BNO5S/c1-19(22(29)28-16-11-15-26(28,6)23(30)31)18-34-17-10-14-21(20-12-8-7-9-13-20)27-32-24(2,3)25(4,5)33-27/h19-21H,7-18H2,1-6H3,(H,30,31)/t19-,21?,26+/m1/s1. The summed E-state index contributed by atoms with van der Waals surface area (Å²) in [6, 6.07) is 0. The highest BCUT2D eigenvalue weighted by atomic mass is 32.2. The van der Waals surface area contributed by atoms with Crippen molar-refractivity contribution < 1.29 is 24.0 Å². The lowest BCUT2D eigenvalue weighted by Crippen LogP contribution is -2.52. The molecule has 3 aliphatic rings. The summed E-state index contributed by atoms with van der Waals surface area (Å²) in [4.78, 5) is 26.3. The Hall–Kier alpha value is -0.725. The van der Waals surface area contributed by atoms with E-state index in [0.29, 0.717) is 24.7 Å². The summed E-state index contributed by atoms with van der Waals surface area (Å²) in [6.07, 6.45) is 9.95. The van der Waals surface area contributed by atoms with E-state index in [4.69, 9.17) is 9.31 Å². The van der Waals surface area contributed by atoms with Crippen molar-refractivity contribution in [2.75, 3.05) is 18.1 Å². The number of carbonyl (C=O) groups excluding carboxylic acids is 1. The van der Waals surface area contributed by atoms with Gasteiger partial charge in [0.05, 0.1) is 11.2 Å². The maximum absolute atomic E-state index is 13.0. The first kappa shape index (κ1) is 27.9. The van der Waals surface area contributed by atoms with Crippen LogP contribution in [-0.4, -0.2) is 63.8 Å². The molecule has 3 atom stereocenters. The monoisotopic (exact) mass is 495 g/mol. The molecule has 0 bridgehead atoms. The van der Waals surface area contributed by atoms with Crippen LogP contribution in [-0.2, 0) is 18.9 Å². The summed E-state index contributed by atoms with van der Waals surface area (Å²) in [5.41, 5.74) is -1.64. The van der Waals surface area contributed by atoms with E-state index in [1.165, 1.54) is 32.1 Å². The van der Waals surface area contributed by atoms with Crippen LogP contribution in [0.4, 0.5) is 0 Å². The smallest absolute Gasteiger partial charge is 0.461 e. The third kappa shape index (κ3) is 5.97. The van der Waals surface area contributed by atoms with Crippen molar-refractivity contribution in [2.45, 2.75) is 122 Å². The largest absolute Gasteiger partial charge is 0.480 e. The Morgan fingerprint density at radius 1 is 1.06 bits per heavy atom. The minimum atomic E-state index is -1.05. The molecule has 194 valence electrons. The third-order valence-corrected chi connectivity index (χ3v) is 10.2. The summed E-state index contributed by atoms with van der Waals surface area (Å²) in [6.45, 7) is 12.7. The molecule has 1 amide bonds. The van der Waals surface area contributed by atoms with Gasteiger partial charge in [-0.2, -0.15) is 11.8 Å². The molecule has 0 spiro atoms. The van der Waals surface area contributed by atoms with Crippen molar-refractivity contribution in [1.82, 2.24) is 4.90 Å². The molecule has 1 aliphatic carbocycles. The highest BCUT2D eigenvalue weighted by Crippen LogP contribution is 2.46. The zero-order valence-corrected chi connectivity index (χ0v) is 23.0. The Morgan fingerprint density at radius 3 is 2.26 bits per heavy atom. The van der Waals surface area contributed by atoms with Gasteiger partial charge in [0.1, 0.15) is 5.54 Å². The molecule has 1 saturated carbocycles. The molecule has 0 aromatic heterocycles. The fourth-order valence-corrected chi connectivity index (χ4v) is 6.81. The summed E-state index contributed by atoms with van der Waals surface area (Å²) >= 11 is 1.81. The van der Waals surface area contributed by atoms with Gasteiger partial charge in [-0.3, -0.25) is 4.79 Å². The number of hydrogen-bond acceptors (Lipinski definition) is 5. The summed E-state index contributed by atoms with van der Waals surface area (Å²) in [5.74, 6) is 1.73. The van der Waals surface area contributed by atoms with Crippen LogP contribution in [0.3, 0.4) is 0 Å². The number of thioether (sulfide) groups is 1. The Balaban J connectivity index is 1.49. The average molecular weight is 496 g/mol. The Bertz CT molecular complexity index is 710. The van der Waals surface area contributed by atoms with Crippen LogP contribution in [0.15, 0.2) is 0 Å². The molecule has 6 nitrogen and oxygen atoms in total. The number of aliphatic carboxylic acids is 1.